The molecule has 19 heavy (non-hydrogen) atoms. The first-order valence-electron chi connectivity index (χ1n) is 5.95. The van der Waals surface area contributed by atoms with E-state index in [1.807, 2.05) is 0 Å². The van der Waals surface area contributed by atoms with Crippen molar-refractivity contribution in [1.82, 2.24) is 4.90 Å². The highest BCUT2D eigenvalue weighted by Gasteiger charge is 2.21. The maximum Gasteiger partial charge on any atom is 0.349 e. The third-order valence-electron chi connectivity index (χ3n) is 3.12. The standard InChI is InChI=1S/C14H15NO4/c1-9(8-16)15(2)13(17)11-7-10-5-3-4-6-12(10)19-14(11)18/h3-7,9,16H,8H2,1-2H3. The molecule has 1 heterocycles. The molecule has 1 aromatic heterocycles. The summed E-state index contributed by atoms with van der Waals surface area (Å²) >= 11 is 0. The molecule has 5 heteroatoms. The van der Waals surface area contributed by atoms with Gasteiger partial charge in [0, 0.05) is 12.4 Å². The molecule has 0 radical (unpaired) electrons. The lowest BCUT2D eigenvalue weighted by Gasteiger charge is -2.22. The zero-order chi connectivity index (χ0) is 14.0. The van der Waals surface area contributed by atoms with E-state index in [1.165, 1.54) is 18.0 Å². The van der Waals surface area contributed by atoms with Crippen molar-refractivity contribution in [3.63, 3.8) is 0 Å². The Kier molecular flexibility index (Phi) is 3.66. The Hall–Kier alpha value is -2.14. The highest BCUT2D eigenvalue weighted by molar-refractivity contribution is 5.96. The predicted octanol–water partition coefficient (Wildman–Crippen LogP) is 1.25. The van der Waals surface area contributed by atoms with Crippen LogP contribution < -0.4 is 5.63 Å². The Bertz CT molecular complexity index is 662. The van der Waals surface area contributed by atoms with E-state index in [0.717, 1.165) is 0 Å². The predicted molar refractivity (Wildman–Crippen MR) is 71.1 cm³/mol. The van der Waals surface area contributed by atoms with Gasteiger partial charge in [0.15, 0.2) is 0 Å². The number of carbonyl (C=O) groups is 1. The van der Waals surface area contributed by atoms with Gasteiger partial charge in [0.2, 0.25) is 0 Å². The number of hydrogen-bond acceptors (Lipinski definition) is 4. The fourth-order valence-electron chi connectivity index (χ4n) is 1.72. The van der Waals surface area contributed by atoms with Crippen LogP contribution in [0, 0.1) is 0 Å². The molecule has 1 unspecified atom stereocenters. The maximum atomic E-state index is 12.2. The number of nitrogens with zero attached hydrogens (tertiary/aromatic N) is 1. The van der Waals surface area contributed by atoms with Crippen LogP contribution in [0.25, 0.3) is 11.0 Å². The van der Waals surface area contributed by atoms with E-state index in [0.29, 0.717) is 11.0 Å². The average molecular weight is 261 g/mol. The highest BCUT2D eigenvalue weighted by Crippen LogP contribution is 2.14. The number of benzene rings is 1. The van der Waals surface area contributed by atoms with Gasteiger partial charge >= 0.3 is 5.63 Å². The first-order valence-corrected chi connectivity index (χ1v) is 5.95. The molecule has 0 saturated carbocycles. The van der Waals surface area contributed by atoms with Crippen LogP contribution in [0.15, 0.2) is 39.5 Å². The fourth-order valence-corrected chi connectivity index (χ4v) is 1.72. The van der Waals surface area contributed by atoms with Gasteiger partial charge in [0.1, 0.15) is 11.1 Å². The number of aliphatic hydroxyl groups is 1. The van der Waals surface area contributed by atoms with E-state index < -0.39 is 11.5 Å². The number of rotatable bonds is 3. The molecule has 1 amide bonds. The van der Waals surface area contributed by atoms with Gasteiger partial charge in [-0.3, -0.25) is 4.79 Å². The van der Waals surface area contributed by atoms with Gasteiger partial charge in [0.05, 0.1) is 12.6 Å². The summed E-state index contributed by atoms with van der Waals surface area (Å²) < 4.78 is 5.11. The van der Waals surface area contributed by atoms with Gasteiger partial charge < -0.3 is 14.4 Å². The molecule has 2 rings (SSSR count). The molecular formula is C14H15NO4. The Morgan fingerprint density at radius 3 is 2.79 bits per heavy atom. The summed E-state index contributed by atoms with van der Waals surface area (Å²) in [7, 11) is 1.54. The van der Waals surface area contributed by atoms with Crippen molar-refractivity contribution in [3.05, 3.63) is 46.3 Å². The van der Waals surface area contributed by atoms with Gasteiger partial charge in [-0.25, -0.2) is 4.79 Å². The normalized spacial score (nSPS) is 12.4. The van der Waals surface area contributed by atoms with E-state index in [1.54, 1.807) is 31.2 Å². The number of likely N-dealkylation sites (N-methyl/N-ethyl adjacent to an activating group) is 1. The summed E-state index contributed by atoms with van der Waals surface area (Å²) in [4.78, 5) is 25.3. The monoisotopic (exact) mass is 261 g/mol. The zero-order valence-electron chi connectivity index (χ0n) is 10.8. The van der Waals surface area contributed by atoms with Crippen molar-refractivity contribution in [2.24, 2.45) is 0 Å². The summed E-state index contributed by atoms with van der Waals surface area (Å²) in [5.41, 5.74) is -0.246. The van der Waals surface area contributed by atoms with Crippen LogP contribution in [0.1, 0.15) is 17.3 Å². The van der Waals surface area contributed by atoms with Gasteiger partial charge in [-0.2, -0.15) is 0 Å². The fraction of sp³-hybridized carbons (Fsp3) is 0.286. The lowest BCUT2D eigenvalue weighted by atomic mass is 10.1. The van der Waals surface area contributed by atoms with Crippen LogP contribution in [0.3, 0.4) is 0 Å². The van der Waals surface area contributed by atoms with E-state index in [4.69, 9.17) is 9.52 Å². The van der Waals surface area contributed by atoms with Gasteiger partial charge in [-0.1, -0.05) is 18.2 Å². The molecule has 2 aromatic rings. The lowest BCUT2D eigenvalue weighted by Crippen LogP contribution is -2.39. The second kappa shape index (κ2) is 5.24. The van der Waals surface area contributed by atoms with Crippen molar-refractivity contribution in [1.29, 1.82) is 0 Å². The first kappa shape index (κ1) is 13.3. The molecule has 0 bridgehead atoms. The second-order valence-corrected chi connectivity index (χ2v) is 4.43. The van der Waals surface area contributed by atoms with Crippen molar-refractivity contribution < 1.29 is 14.3 Å². The van der Waals surface area contributed by atoms with Crippen molar-refractivity contribution in [2.75, 3.05) is 13.7 Å². The van der Waals surface area contributed by atoms with Crippen LogP contribution in [0.4, 0.5) is 0 Å². The molecule has 0 aliphatic rings. The van der Waals surface area contributed by atoms with E-state index in [9.17, 15) is 9.59 Å². The third-order valence-corrected chi connectivity index (χ3v) is 3.12. The highest BCUT2D eigenvalue weighted by atomic mass is 16.4. The van der Waals surface area contributed by atoms with E-state index in [-0.39, 0.29) is 18.2 Å². The summed E-state index contributed by atoms with van der Waals surface area (Å²) in [5, 5.41) is 9.74. The molecule has 1 atom stereocenters. The summed E-state index contributed by atoms with van der Waals surface area (Å²) in [6.07, 6.45) is 0. The second-order valence-electron chi connectivity index (χ2n) is 4.43. The molecule has 5 nitrogen and oxygen atoms in total. The van der Waals surface area contributed by atoms with Crippen molar-refractivity contribution in [3.8, 4) is 0 Å². The van der Waals surface area contributed by atoms with Crippen LogP contribution in [0.2, 0.25) is 0 Å². The lowest BCUT2D eigenvalue weighted by molar-refractivity contribution is 0.0678. The van der Waals surface area contributed by atoms with E-state index in [2.05, 4.69) is 0 Å². The van der Waals surface area contributed by atoms with Gasteiger partial charge in [0.25, 0.3) is 5.91 Å². The Morgan fingerprint density at radius 2 is 2.11 bits per heavy atom. The quantitative estimate of drug-likeness (QED) is 0.844. The molecule has 0 fully saturated rings. The Morgan fingerprint density at radius 1 is 1.42 bits per heavy atom. The average Bonchev–Trinajstić information content (AvgIpc) is 2.44. The maximum absolute atomic E-state index is 12.2. The minimum absolute atomic E-state index is 0.0264. The van der Waals surface area contributed by atoms with Gasteiger partial charge in [-0.15, -0.1) is 0 Å². The van der Waals surface area contributed by atoms with Gasteiger partial charge in [-0.05, 0) is 19.1 Å². The molecule has 100 valence electrons. The molecular weight excluding hydrogens is 246 g/mol. The molecule has 1 aromatic carbocycles. The SMILES string of the molecule is CC(CO)N(C)C(=O)c1cc2ccccc2oc1=O. The zero-order valence-corrected chi connectivity index (χ0v) is 10.8. The number of para-hydroxylation sites is 1. The minimum Gasteiger partial charge on any atom is -0.422 e. The van der Waals surface area contributed by atoms with Crippen LogP contribution in [-0.4, -0.2) is 35.6 Å². The first-order chi connectivity index (χ1) is 9.04. The number of aliphatic hydroxyl groups excluding tert-OH is 1. The summed E-state index contributed by atoms with van der Waals surface area (Å²) in [6.45, 7) is 1.53. The molecule has 0 saturated heterocycles. The third kappa shape index (κ3) is 2.51. The Labute approximate surface area is 110 Å². The largest absolute Gasteiger partial charge is 0.422 e. The Balaban J connectivity index is 2.48. The summed E-state index contributed by atoms with van der Waals surface area (Å²) in [6, 6.07) is 8.15. The summed E-state index contributed by atoms with van der Waals surface area (Å²) in [5.74, 6) is -0.457. The molecule has 1 N–H and O–H groups in total. The molecule has 0 aliphatic heterocycles. The van der Waals surface area contributed by atoms with Crippen LogP contribution >= 0.6 is 0 Å². The van der Waals surface area contributed by atoms with Crippen molar-refractivity contribution in [2.45, 2.75) is 13.0 Å². The minimum atomic E-state index is -0.666. The van der Waals surface area contributed by atoms with Crippen LogP contribution in [0.5, 0.6) is 0 Å². The van der Waals surface area contributed by atoms with Crippen molar-refractivity contribution >= 4 is 16.9 Å². The topological polar surface area (TPSA) is 70.8 Å². The smallest absolute Gasteiger partial charge is 0.349 e. The van der Waals surface area contributed by atoms with Crippen LogP contribution in [-0.2, 0) is 0 Å². The molecule has 0 spiro atoms. The number of fused-ring (bicyclic) bond motifs is 1. The number of hydrogen-bond donors (Lipinski definition) is 1. The number of amides is 1. The number of carbonyl (C=O) groups excluding carboxylic acids is 1. The molecule has 0 aliphatic carbocycles. The van der Waals surface area contributed by atoms with E-state index >= 15 is 0 Å².